The second kappa shape index (κ2) is 8.15. The molecule has 0 aliphatic rings. The fourth-order valence-corrected chi connectivity index (χ4v) is 2.14. The van der Waals surface area contributed by atoms with Crippen LogP contribution in [0.1, 0.15) is 16.1 Å². The van der Waals surface area contributed by atoms with Crippen molar-refractivity contribution in [2.45, 2.75) is 6.18 Å². The summed E-state index contributed by atoms with van der Waals surface area (Å²) < 4.78 is 40.4. The zero-order chi connectivity index (χ0) is 19.2. The lowest BCUT2D eigenvalue weighted by molar-refractivity contribution is -0.0875. The first-order valence-electron chi connectivity index (χ1n) is 7.43. The average molecular weight is 360 g/mol. The summed E-state index contributed by atoms with van der Waals surface area (Å²) in [5, 5.41) is 12.0. The maximum Gasteiger partial charge on any atom is 0.417 e. The van der Waals surface area contributed by atoms with Gasteiger partial charge in [-0.2, -0.15) is 13.2 Å². The van der Waals surface area contributed by atoms with Crippen molar-refractivity contribution in [2.75, 3.05) is 5.32 Å². The number of aromatic hydroxyl groups is 1. The van der Waals surface area contributed by atoms with Crippen LogP contribution in [-0.4, -0.2) is 22.6 Å². The van der Waals surface area contributed by atoms with Gasteiger partial charge >= 0.3 is 6.18 Å². The number of nitrogens with one attached hydrogen (secondary N) is 1. The minimum absolute atomic E-state index is 0.0470. The maximum absolute atomic E-state index is 13.5. The Morgan fingerprint density at radius 1 is 1.15 bits per heavy atom. The highest BCUT2D eigenvalue weighted by molar-refractivity contribution is 5.79. The first-order chi connectivity index (χ1) is 12.3. The van der Waals surface area contributed by atoms with Gasteiger partial charge in [-0.15, -0.1) is 0 Å². The molecule has 2 rings (SSSR count). The first kappa shape index (κ1) is 19.0. The molecule has 1 heterocycles. The summed E-state index contributed by atoms with van der Waals surface area (Å²) >= 11 is 0. The van der Waals surface area contributed by atoms with Crippen LogP contribution in [0, 0.1) is 0 Å². The smallest absolute Gasteiger partial charge is 0.417 e. The molecule has 7 heteroatoms. The molecule has 0 atom stereocenters. The van der Waals surface area contributed by atoms with Crippen LogP contribution >= 0.6 is 0 Å². The van der Waals surface area contributed by atoms with Crippen LogP contribution in [0.2, 0.25) is 0 Å². The zero-order valence-electron chi connectivity index (χ0n) is 13.5. The Labute approximate surface area is 148 Å². The number of allylic oxidation sites excluding steroid dienone is 4. The molecule has 4 nitrogen and oxygen atoms in total. The normalized spacial score (nSPS) is 12.6. The van der Waals surface area contributed by atoms with E-state index < -0.39 is 11.7 Å². The van der Waals surface area contributed by atoms with Gasteiger partial charge in [0, 0.05) is 6.20 Å². The summed E-state index contributed by atoms with van der Waals surface area (Å²) in [6.45, 7) is 3.46. The van der Waals surface area contributed by atoms with Gasteiger partial charge in [-0.05, 0) is 41.5 Å². The number of anilines is 1. The maximum atomic E-state index is 13.5. The van der Waals surface area contributed by atoms with Gasteiger partial charge < -0.3 is 10.4 Å². The van der Waals surface area contributed by atoms with Gasteiger partial charge in [-0.3, -0.25) is 9.78 Å². The quantitative estimate of drug-likeness (QED) is 0.578. The second-order valence-electron chi connectivity index (χ2n) is 5.14. The highest BCUT2D eigenvalue weighted by atomic mass is 19.4. The van der Waals surface area contributed by atoms with Crippen molar-refractivity contribution in [3.63, 3.8) is 0 Å². The summed E-state index contributed by atoms with van der Waals surface area (Å²) in [6.07, 6.45) is 0.415. The van der Waals surface area contributed by atoms with Crippen molar-refractivity contribution in [3.05, 3.63) is 84.4 Å². The number of rotatable bonds is 6. The first-order valence-corrected chi connectivity index (χ1v) is 7.43. The highest BCUT2D eigenvalue weighted by Crippen LogP contribution is 2.34. The summed E-state index contributed by atoms with van der Waals surface area (Å²) in [5.74, 6) is -0.0470. The van der Waals surface area contributed by atoms with Gasteiger partial charge in [-0.25, -0.2) is 0 Å². The number of aldehydes is 1. The number of hydrogen-bond donors (Lipinski definition) is 2. The van der Waals surface area contributed by atoms with E-state index >= 15 is 0 Å². The molecule has 0 spiro atoms. The SMILES string of the molecule is C=C/C(=C(\C=C\Nc1ccc(C=O)nc1)C(F)(F)F)c1ccc(O)cc1. The van der Waals surface area contributed by atoms with Crippen LogP contribution in [-0.2, 0) is 0 Å². The minimum atomic E-state index is -4.61. The van der Waals surface area contributed by atoms with Gasteiger partial charge in [0.1, 0.15) is 11.4 Å². The Kier molecular flexibility index (Phi) is 5.95. The largest absolute Gasteiger partial charge is 0.508 e. The lowest BCUT2D eigenvalue weighted by Crippen LogP contribution is -2.12. The summed E-state index contributed by atoms with van der Waals surface area (Å²) in [5.41, 5.74) is -0.102. The van der Waals surface area contributed by atoms with E-state index in [1.165, 1.54) is 42.6 Å². The molecule has 0 saturated carbocycles. The molecule has 1 aromatic heterocycles. The van der Waals surface area contributed by atoms with Crippen molar-refractivity contribution in [1.82, 2.24) is 4.98 Å². The predicted molar refractivity (Wildman–Crippen MR) is 93.7 cm³/mol. The molecule has 1 aromatic carbocycles. The molecule has 0 fully saturated rings. The van der Waals surface area contributed by atoms with E-state index in [-0.39, 0.29) is 22.6 Å². The molecule has 0 amide bonds. The molecule has 0 radical (unpaired) electrons. The van der Waals surface area contributed by atoms with Crippen LogP contribution in [0.3, 0.4) is 0 Å². The number of phenolic OH excluding ortho intramolecular Hbond substituents is 1. The number of alkyl halides is 3. The molecule has 2 aromatic rings. The molecule has 0 saturated heterocycles. The van der Waals surface area contributed by atoms with Crippen LogP contribution in [0.25, 0.3) is 5.57 Å². The number of hydrogen-bond acceptors (Lipinski definition) is 4. The fourth-order valence-electron chi connectivity index (χ4n) is 2.14. The van der Waals surface area contributed by atoms with E-state index in [9.17, 15) is 23.1 Å². The number of aromatic nitrogens is 1. The van der Waals surface area contributed by atoms with Gasteiger partial charge in [-0.1, -0.05) is 24.8 Å². The third-order valence-corrected chi connectivity index (χ3v) is 3.39. The zero-order valence-corrected chi connectivity index (χ0v) is 13.5. The lowest BCUT2D eigenvalue weighted by atomic mass is 9.99. The predicted octanol–water partition coefficient (Wildman–Crippen LogP) is 4.73. The third-order valence-electron chi connectivity index (χ3n) is 3.39. The van der Waals surface area contributed by atoms with E-state index in [1.54, 1.807) is 0 Å². The van der Waals surface area contributed by atoms with Crippen molar-refractivity contribution in [3.8, 4) is 5.75 Å². The van der Waals surface area contributed by atoms with Gasteiger partial charge in [0.2, 0.25) is 0 Å². The number of benzene rings is 1. The summed E-state index contributed by atoms with van der Waals surface area (Å²) in [4.78, 5) is 14.4. The summed E-state index contributed by atoms with van der Waals surface area (Å²) in [7, 11) is 0. The number of halogens is 3. The molecule has 0 bridgehead atoms. The lowest BCUT2D eigenvalue weighted by Gasteiger charge is -2.13. The Morgan fingerprint density at radius 3 is 2.35 bits per heavy atom. The molecule has 134 valence electrons. The highest BCUT2D eigenvalue weighted by Gasteiger charge is 2.34. The van der Waals surface area contributed by atoms with Crippen molar-refractivity contribution in [1.29, 1.82) is 0 Å². The minimum Gasteiger partial charge on any atom is -0.508 e. The fraction of sp³-hybridized carbons (Fsp3) is 0.0526. The second-order valence-corrected chi connectivity index (χ2v) is 5.14. The van der Waals surface area contributed by atoms with Crippen LogP contribution < -0.4 is 5.32 Å². The van der Waals surface area contributed by atoms with Crippen LogP contribution in [0.4, 0.5) is 18.9 Å². The molecule has 26 heavy (non-hydrogen) atoms. The number of nitrogens with zero attached hydrogens (tertiary/aromatic N) is 1. The molecule has 0 aliphatic carbocycles. The number of phenols is 1. The Morgan fingerprint density at radius 2 is 1.85 bits per heavy atom. The van der Waals surface area contributed by atoms with E-state index in [4.69, 9.17) is 0 Å². The van der Waals surface area contributed by atoms with E-state index in [0.29, 0.717) is 12.0 Å². The van der Waals surface area contributed by atoms with E-state index in [0.717, 1.165) is 18.4 Å². The number of carbonyl (C=O) groups excluding carboxylic acids is 1. The van der Waals surface area contributed by atoms with Gasteiger partial charge in [0.15, 0.2) is 6.29 Å². The topological polar surface area (TPSA) is 62.2 Å². The van der Waals surface area contributed by atoms with Crippen LogP contribution in [0.5, 0.6) is 5.75 Å². The standard InChI is InChI=1S/C19H15F3N2O2/c1-2-17(13-3-7-16(26)8-4-13)18(19(20,21)22)9-10-23-14-5-6-15(12-25)24-11-14/h2-12,23,26H,1H2/b10-9+,18-17-. The van der Waals surface area contributed by atoms with Crippen LogP contribution in [0.15, 0.2) is 73.1 Å². The summed E-state index contributed by atoms with van der Waals surface area (Å²) in [6, 6.07) is 8.31. The van der Waals surface area contributed by atoms with Crippen molar-refractivity contribution in [2.24, 2.45) is 0 Å². The number of carbonyl (C=O) groups is 1. The average Bonchev–Trinajstić information content (AvgIpc) is 2.62. The molecule has 0 unspecified atom stereocenters. The van der Waals surface area contributed by atoms with Crippen molar-refractivity contribution >= 4 is 17.5 Å². The number of pyridine rings is 1. The van der Waals surface area contributed by atoms with Gasteiger partial charge in [0.25, 0.3) is 0 Å². The van der Waals surface area contributed by atoms with E-state index in [2.05, 4.69) is 16.9 Å². The molecule has 0 aliphatic heterocycles. The molecular formula is C19H15F3N2O2. The molecule has 2 N–H and O–H groups in total. The van der Waals surface area contributed by atoms with Gasteiger partial charge in [0.05, 0.1) is 17.5 Å². The Hall–Kier alpha value is -3.35. The third kappa shape index (κ3) is 4.83. The molecular weight excluding hydrogens is 345 g/mol. The Bertz CT molecular complexity index is 837. The van der Waals surface area contributed by atoms with E-state index in [1.807, 2.05) is 0 Å². The van der Waals surface area contributed by atoms with Crippen molar-refractivity contribution < 1.29 is 23.1 Å². The Balaban J connectivity index is 2.34. The monoisotopic (exact) mass is 360 g/mol.